The van der Waals surface area contributed by atoms with E-state index in [0.29, 0.717) is 0 Å². The van der Waals surface area contributed by atoms with Crippen LogP contribution in [0.25, 0.3) is 0 Å². The van der Waals surface area contributed by atoms with Crippen LogP contribution in [0.5, 0.6) is 0 Å². The first kappa shape index (κ1) is 14.5. The fraction of sp³-hybridized carbons (Fsp3) is 0.625. The zero-order valence-corrected chi connectivity index (χ0v) is 12.2. The molecule has 1 aliphatic rings. The molecule has 1 aliphatic carbocycles. The van der Waals surface area contributed by atoms with Gasteiger partial charge < -0.3 is 10.2 Å². The summed E-state index contributed by atoms with van der Waals surface area (Å²) in [5.41, 5.74) is 1.01. The average molecular weight is 264 g/mol. The summed E-state index contributed by atoms with van der Waals surface area (Å²) in [7, 11) is 4.31. The summed E-state index contributed by atoms with van der Waals surface area (Å²) in [6.45, 7) is 2.96. The van der Waals surface area contributed by atoms with E-state index in [-0.39, 0.29) is 17.4 Å². The highest BCUT2D eigenvalue weighted by molar-refractivity contribution is 5.20. The molecule has 19 heavy (non-hydrogen) atoms. The smallest absolute Gasteiger partial charge is 0.127 e. The van der Waals surface area contributed by atoms with Gasteiger partial charge in [0.1, 0.15) is 5.82 Å². The summed E-state index contributed by atoms with van der Waals surface area (Å²) in [4.78, 5) is 2.33. The molecule has 0 saturated heterocycles. The zero-order valence-electron chi connectivity index (χ0n) is 12.2. The molecule has 3 heteroatoms. The van der Waals surface area contributed by atoms with Crippen LogP contribution in [0.4, 0.5) is 4.39 Å². The number of nitrogens with zero attached hydrogens (tertiary/aromatic N) is 1. The quantitative estimate of drug-likeness (QED) is 0.877. The van der Waals surface area contributed by atoms with Crippen LogP contribution in [-0.4, -0.2) is 31.1 Å². The molecule has 0 aromatic heterocycles. The first-order valence-electron chi connectivity index (χ1n) is 7.20. The van der Waals surface area contributed by atoms with E-state index in [4.69, 9.17) is 0 Å². The van der Waals surface area contributed by atoms with Crippen molar-refractivity contribution < 1.29 is 4.39 Å². The molecular weight excluding hydrogens is 239 g/mol. The predicted molar refractivity (Wildman–Crippen MR) is 77.7 cm³/mol. The molecular formula is C16H25FN2. The SMILES string of the molecule is CC(NCC1(N(C)C)CCCC1)c1ccccc1F. The van der Waals surface area contributed by atoms with Gasteiger partial charge in [-0.2, -0.15) is 0 Å². The molecule has 0 radical (unpaired) electrons. The molecule has 1 N–H and O–H groups in total. The third-order valence-corrected chi connectivity index (χ3v) is 4.59. The van der Waals surface area contributed by atoms with Crippen molar-refractivity contribution in [3.63, 3.8) is 0 Å². The normalized spacial score (nSPS) is 19.8. The van der Waals surface area contributed by atoms with Gasteiger partial charge in [0.2, 0.25) is 0 Å². The Hall–Kier alpha value is -0.930. The molecule has 1 unspecified atom stereocenters. The summed E-state index contributed by atoms with van der Waals surface area (Å²) >= 11 is 0. The average Bonchev–Trinajstić information content (AvgIpc) is 2.86. The highest BCUT2D eigenvalue weighted by Crippen LogP contribution is 2.33. The standard InChI is InChI=1S/C16H25FN2/c1-13(14-8-4-5-9-15(14)17)18-12-16(19(2)3)10-6-7-11-16/h4-5,8-9,13,18H,6-7,10-12H2,1-3H3. The second-order valence-corrected chi connectivity index (χ2v) is 5.95. The number of benzene rings is 1. The van der Waals surface area contributed by atoms with E-state index in [1.54, 1.807) is 6.07 Å². The summed E-state index contributed by atoms with van der Waals surface area (Å²) in [5.74, 6) is -0.118. The van der Waals surface area contributed by atoms with Crippen molar-refractivity contribution in [2.24, 2.45) is 0 Å². The largest absolute Gasteiger partial charge is 0.308 e. The van der Waals surface area contributed by atoms with E-state index < -0.39 is 0 Å². The summed E-state index contributed by atoms with van der Waals surface area (Å²) in [6, 6.07) is 7.09. The lowest BCUT2D eigenvalue weighted by atomic mass is 9.95. The van der Waals surface area contributed by atoms with Gasteiger partial charge in [-0.1, -0.05) is 31.0 Å². The Kier molecular flexibility index (Phi) is 4.58. The van der Waals surface area contributed by atoms with Crippen LogP contribution in [0.15, 0.2) is 24.3 Å². The Morgan fingerprint density at radius 1 is 1.26 bits per heavy atom. The van der Waals surface area contributed by atoms with Crippen molar-refractivity contribution in [2.45, 2.75) is 44.2 Å². The van der Waals surface area contributed by atoms with Crippen LogP contribution in [-0.2, 0) is 0 Å². The second-order valence-electron chi connectivity index (χ2n) is 5.95. The highest BCUT2D eigenvalue weighted by atomic mass is 19.1. The van der Waals surface area contributed by atoms with E-state index in [9.17, 15) is 4.39 Å². The molecule has 2 nitrogen and oxygen atoms in total. The van der Waals surface area contributed by atoms with Crippen LogP contribution in [0.1, 0.15) is 44.2 Å². The Morgan fingerprint density at radius 3 is 2.47 bits per heavy atom. The lowest BCUT2D eigenvalue weighted by Gasteiger charge is -2.37. The first-order chi connectivity index (χ1) is 9.05. The van der Waals surface area contributed by atoms with E-state index in [1.807, 2.05) is 19.1 Å². The van der Waals surface area contributed by atoms with Gasteiger partial charge in [0, 0.05) is 23.7 Å². The molecule has 0 aliphatic heterocycles. The van der Waals surface area contributed by atoms with E-state index in [1.165, 1.54) is 31.7 Å². The Balaban J connectivity index is 2.00. The van der Waals surface area contributed by atoms with Crippen LogP contribution < -0.4 is 5.32 Å². The van der Waals surface area contributed by atoms with Gasteiger partial charge in [-0.05, 0) is 39.9 Å². The molecule has 0 heterocycles. The minimum absolute atomic E-state index is 0.0543. The zero-order chi connectivity index (χ0) is 13.9. The number of likely N-dealkylation sites (N-methyl/N-ethyl adjacent to an activating group) is 1. The van der Waals surface area contributed by atoms with E-state index in [2.05, 4.69) is 24.3 Å². The van der Waals surface area contributed by atoms with Gasteiger partial charge in [-0.25, -0.2) is 4.39 Å². The number of halogens is 1. The van der Waals surface area contributed by atoms with Crippen molar-refractivity contribution >= 4 is 0 Å². The minimum atomic E-state index is -0.118. The van der Waals surface area contributed by atoms with Gasteiger partial charge in [0.15, 0.2) is 0 Å². The molecule has 106 valence electrons. The fourth-order valence-corrected chi connectivity index (χ4v) is 3.09. The number of nitrogens with one attached hydrogen (secondary N) is 1. The third-order valence-electron chi connectivity index (χ3n) is 4.59. The Morgan fingerprint density at radius 2 is 1.89 bits per heavy atom. The van der Waals surface area contributed by atoms with Gasteiger partial charge >= 0.3 is 0 Å². The molecule has 0 amide bonds. The maximum atomic E-state index is 13.7. The van der Waals surface area contributed by atoms with Crippen molar-refractivity contribution in [3.05, 3.63) is 35.6 Å². The highest BCUT2D eigenvalue weighted by Gasteiger charge is 2.35. The molecule has 1 aromatic rings. The molecule has 0 bridgehead atoms. The maximum Gasteiger partial charge on any atom is 0.127 e. The number of hydrogen-bond donors (Lipinski definition) is 1. The van der Waals surface area contributed by atoms with Crippen molar-refractivity contribution in [3.8, 4) is 0 Å². The van der Waals surface area contributed by atoms with Crippen LogP contribution in [0.2, 0.25) is 0 Å². The summed E-state index contributed by atoms with van der Waals surface area (Å²) in [5, 5.41) is 3.52. The van der Waals surface area contributed by atoms with Gasteiger partial charge in [0.05, 0.1) is 0 Å². The number of rotatable bonds is 5. The minimum Gasteiger partial charge on any atom is -0.308 e. The van der Waals surface area contributed by atoms with Gasteiger partial charge in [-0.15, -0.1) is 0 Å². The van der Waals surface area contributed by atoms with Crippen LogP contribution in [0.3, 0.4) is 0 Å². The van der Waals surface area contributed by atoms with Crippen molar-refractivity contribution in [1.29, 1.82) is 0 Å². The Bertz CT molecular complexity index is 411. The van der Waals surface area contributed by atoms with E-state index >= 15 is 0 Å². The lowest BCUT2D eigenvalue weighted by Crippen LogP contribution is -2.50. The topological polar surface area (TPSA) is 15.3 Å². The molecule has 2 rings (SSSR count). The fourth-order valence-electron chi connectivity index (χ4n) is 3.09. The second kappa shape index (κ2) is 6.02. The summed E-state index contributed by atoms with van der Waals surface area (Å²) < 4.78 is 13.7. The number of hydrogen-bond acceptors (Lipinski definition) is 2. The monoisotopic (exact) mass is 264 g/mol. The third kappa shape index (κ3) is 3.15. The summed E-state index contributed by atoms with van der Waals surface area (Å²) in [6.07, 6.45) is 5.07. The Labute approximate surface area is 116 Å². The lowest BCUT2D eigenvalue weighted by molar-refractivity contribution is 0.150. The maximum absolute atomic E-state index is 13.7. The van der Waals surface area contributed by atoms with Crippen molar-refractivity contribution in [1.82, 2.24) is 10.2 Å². The molecule has 1 atom stereocenters. The molecule has 1 fully saturated rings. The molecule has 1 saturated carbocycles. The molecule has 1 aromatic carbocycles. The van der Waals surface area contributed by atoms with Crippen molar-refractivity contribution in [2.75, 3.05) is 20.6 Å². The van der Waals surface area contributed by atoms with Crippen LogP contribution in [0, 0.1) is 5.82 Å². The van der Waals surface area contributed by atoms with Gasteiger partial charge in [0.25, 0.3) is 0 Å². The first-order valence-corrected chi connectivity index (χ1v) is 7.20. The van der Waals surface area contributed by atoms with Crippen LogP contribution >= 0.6 is 0 Å². The van der Waals surface area contributed by atoms with Gasteiger partial charge in [-0.3, -0.25) is 0 Å². The predicted octanol–water partition coefficient (Wildman–Crippen LogP) is 3.35. The molecule has 0 spiro atoms. The van der Waals surface area contributed by atoms with E-state index in [0.717, 1.165) is 12.1 Å².